The molecule has 5 nitrogen and oxygen atoms in total. The molecule has 0 amide bonds. The zero-order valence-electron chi connectivity index (χ0n) is 13.1. The molecule has 0 aliphatic carbocycles. The van der Waals surface area contributed by atoms with Gasteiger partial charge in [-0.2, -0.15) is 18.3 Å². The number of aliphatic carboxylic acids is 1. The zero-order chi connectivity index (χ0) is 17.7. The van der Waals surface area contributed by atoms with E-state index in [2.05, 4.69) is 5.10 Å². The molecule has 8 heteroatoms. The number of aromatic nitrogens is 2. The maximum Gasteiger partial charge on any atom is 0.416 e. The molecule has 0 aliphatic rings. The molecule has 2 rings (SSSR count). The van der Waals surface area contributed by atoms with Crippen molar-refractivity contribution in [1.29, 1.82) is 0 Å². The van der Waals surface area contributed by atoms with Gasteiger partial charge in [0.1, 0.15) is 0 Å². The number of alkyl halides is 3. The highest BCUT2D eigenvalue weighted by Crippen LogP contribution is 2.29. The van der Waals surface area contributed by atoms with E-state index in [9.17, 15) is 18.0 Å². The lowest BCUT2D eigenvalue weighted by atomic mass is 10.1. The summed E-state index contributed by atoms with van der Waals surface area (Å²) < 4.78 is 39.2. The van der Waals surface area contributed by atoms with Gasteiger partial charge in [-0.25, -0.2) is 0 Å². The van der Waals surface area contributed by atoms with Crippen molar-refractivity contribution in [1.82, 2.24) is 14.7 Å². The number of nitrogens with zero attached hydrogens (tertiary/aromatic N) is 3. The lowest BCUT2D eigenvalue weighted by molar-refractivity contribution is -0.138. The van der Waals surface area contributed by atoms with Crippen LogP contribution in [0, 0.1) is 0 Å². The number of rotatable bonds is 7. The summed E-state index contributed by atoms with van der Waals surface area (Å²) in [5, 5.41) is 12.8. The fraction of sp³-hybridized carbons (Fsp3) is 0.375. The Hall–Kier alpha value is -2.35. The summed E-state index contributed by atoms with van der Waals surface area (Å²) >= 11 is 0. The molecule has 0 saturated carbocycles. The molecule has 1 heterocycles. The molecule has 1 N–H and O–H groups in total. The van der Waals surface area contributed by atoms with Crippen LogP contribution in [0.5, 0.6) is 0 Å². The number of carboxylic acids is 1. The Kier molecular flexibility index (Phi) is 5.61. The van der Waals surface area contributed by atoms with Crippen LogP contribution in [0.1, 0.15) is 23.1 Å². The highest BCUT2D eigenvalue weighted by molar-refractivity contribution is 5.66. The van der Waals surface area contributed by atoms with E-state index in [1.165, 1.54) is 12.1 Å². The summed E-state index contributed by atoms with van der Waals surface area (Å²) in [6, 6.07) is 4.98. The number of carbonyl (C=O) groups is 1. The Morgan fingerprint density at radius 1 is 1.25 bits per heavy atom. The molecule has 24 heavy (non-hydrogen) atoms. The first-order chi connectivity index (χ1) is 11.2. The minimum Gasteiger partial charge on any atom is -0.481 e. The Balaban J connectivity index is 1.92. The molecule has 0 saturated heterocycles. The number of hydrogen-bond donors (Lipinski definition) is 1. The van der Waals surface area contributed by atoms with Gasteiger partial charge >= 0.3 is 12.1 Å². The van der Waals surface area contributed by atoms with E-state index in [4.69, 9.17) is 5.11 Å². The second-order valence-electron chi connectivity index (χ2n) is 5.62. The summed E-state index contributed by atoms with van der Waals surface area (Å²) in [5.74, 6) is -0.847. The topological polar surface area (TPSA) is 58.4 Å². The summed E-state index contributed by atoms with van der Waals surface area (Å²) in [4.78, 5) is 12.4. The molecule has 1 aromatic heterocycles. The molecule has 0 bridgehead atoms. The van der Waals surface area contributed by atoms with Crippen molar-refractivity contribution < 1.29 is 23.1 Å². The van der Waals surface area contributed by atoms with Gasteiger partial charge in [-0.3, -0.25) is 9.48 Å². The molecule has 0 spiro atoms. The Morgan fingerprint density at radius 3 is 2.50 bits per heavy atom. The van der Waals surface area contributed by atoms with Crippen LogP contribution in [0.15, 0.2) is 36.7 Å². The zero-order valence-corrected chi connectivity index (χ0v) is 13.1. The molecule has 0 unspecified atom stereocenters. The van der Waals surface area contributed by atoms with Crippen LogP contribution >= 0.6 is 0 Å². The van der Waals surface area contributed by atoms with Gasteiger partial charge in [0.15, 0.2) is 0 Å². The number of halogens is 3. The van der Waals surface area contributed by atoms with Crippen molar-refractivity contribution in [2.24, 2.45) is 0 Å². The Labute approximate surface area is 137 Å². The number of carboxylic acid groups (broad SMARTS) is 1. The summed E-state index contributed by atoms with van der Waals surface area (Å²) in [6.07, 6.45) is -0.801. The molecule has 0 aliphatic heterocycles. The fourth-order valence-electron chi connectivity index (χ4n) is 2.24. The summed E-state index contributed by atoms with van der Waals surface area (Å²) in [5.41, 5.74) is 0.958. The number of hydrogen-bond acceptors (Lipinski definition) is 3. The minimum atomic E-state index is -4.34. The Morgan fingerprint density at radius 2 is 1.92 bits per heavy atom. The molecule has 1 aromatic carbocycles. The quantitative estimate of drug-likeness (QED) is 0.841. The van der Waals surface area contributed by atoms with Crippen LogP contribution in [-0.4, -0.2) is 39.3 Å². The summed E-state index contributed by atoms with van der Waals surface area (Å²) in [6.45, 7) is 1.36. The van der Waals surface area contributed by atoms with Crippen molar-refractivity contribution >= 4 is 5.97 Å². The molecular formula is C16H18F3N3O2. The van der Waals surface area contributed by atoms with E-state index in [0.717, 1.165) is 23.3 Å². The molecule has 0 atom stereocenters. The average molecular weight is 341 g/mol. The molecular weight excluding hydrogens is 323 g/mol. The largest absolute Gasteiger partial charge is 0.481 e. The van der Waals surface area contributed by atoms with Gasteiger partial charge in [-0.05, 0) is 24.7 Å². The normalized spacial score (nSPS) is 11.9. The van der Waals surface area contributed by atoms with Crippen molar-refractivity contribution in [2.75, 3.05) is 13.6 Å². The van der Waals surface area contributed by atoms with E-state index >= 15 is 0 Å². The molecule has 130 valence electrons. The third-order valence-electron chi connectivity index (χ3n) is 3.47. The van der Waals surface area contributed by atoms with E-state index < -0.39 is 17.7 Å². The lowest BCUT2D eigenvalue weighted by Gasteiger charge is -2.13. The van der Waals surface area contributed by atoms with Gasteiger partial charge in [0.25, 0.3) is 0 Å². The van der Waals surface area contributed by atoms with Crippen LogP contribution in [0.3, 0.4) is 0 Å². The van der Waals surface area contributed by atoms with Crippen molar-refractivity contribution in [3.63, 3.8) is 0 Å². The van der Waals surface area contributed by atoms with Crippen LogP contribution in [-0.2, 0) is 24.1 Å². The standard InChI is InChI=1S/C16H18F3N3O2/c1-21(7-6-15(23)24)9-13-8-20-22(11-13)10-12-2-4-14(5-3-12)16(17,18)19/h2-5,8,11H,6-7,9-10H2,1H3,(H,23,24). The van der Waals surface area contributed by atoms with Gasteiger partial charge in [-0.15, -0.1) is 0 Å². The van der Waals surface area contributed by atoms with Crippen LogP contribution in [0.25, 0.3) is 0 Å². The monoisotopic (exact) mass is 341 g/mol. The smallest absolute Gasteiger partial charge is 0.416 e. The fourth-order valence-corrected chi connectivity index (χ4v) is 2.24. The Bertz CT molecular complexity index is 681. The van der Waals surface area contributed by atoms with E-state index in [1.54, 1.807) is 17.1 Å². The molecule has 0 radical (unpaired) electrons. The van der Waals surface area contributed by atoms with Crippen LogP contribution in [0.4, 0.5) is 13.2 Å². The van der Waals surface area contributed by atoms with Crippen LogP contribution in [0.2, 0.25) is 0 Å². The van der Waals surface area contributed by atoms with Crippen molar-refractivity contribution in [2.45, 2.75) is 25.7 Å². The first-order valence-electron chi connectivity index (χ1n) is 7.32. The highest BCUT2D eigenvalue weighted by atomic mass is 19.4. The first kappa shape index (κ1) is 18.0. The lowest BCUT2D eigenvalue weighted by Crippen LogP contribution is -2.21. The van der Waals surface area contributed by atoms with Gasteiger partial charge < -0.3 is 10.0 Å². The minimum absolute atomic E-state index is 0.0657. The van der Waals surface area contributed by atoms with Crippen molar-refractivity contribution in [3.05, 3.63) is 53.3 Å². The van der Waals surface area contributed by atoms with E-state index in [-0.39, 0.29) is 6.42 Å². The van der Waals surface area contributed by atoms with E-state index in [0.29, 0.717) is 19.6 Å². The van der Waals surface area contributed by atoms with Crippen molar-refractivity contribution in [3.8, 4) is 0 Å². The molecule has 0 fully saturated rings. The maximum absolute atomic E-state index is 12.5. The third kappa shape index (κ3) is 5.38. The second kappa shape index (κ2) is 7.48. The SMILES string of the molecule is CN(CCC(=O)O)Cc1cnn(Cc2ccc(C(F)(F)F)cc2)c1. The third-order valence-corrected chi connectivity index (χ3v) is 3.47. The molecule has 2 aromatic rings. The van der Waals surface area contributed by atoms with Gasteiger partial charge in [0.05, 0.1) is 24.7 Å². The van der Waals surface area contributed by atoms with Gasteiger partial charge in [-0.1, -0.05) is 12.1 Å². The van der Waals surface area contributed by atoms with E-state index in [1.807, 2.05) is 11.9 Å². The van der Waals surface area contributed by atoms with Gasteiger partial charge in [0.2, 0.25) is 0 Å². The van der Waals surface area contributed by atoms with Crippen LogP contribution < -0.4 is 0 Å². The first-order valence-corrected chi connectivity index (χ1v) is 7.32. The predicted octanol–water partition coefficient (Wildman–Crippen LogP) is 2.86. The number of benzene rings is 1. The predicted molar refractivity (Wildman–Crippen MR) is 81.4 cm³/mol. The second-order valence-corrected chi connectivity index (χ2v) is 5.62. The maximum atomic E-state index is 12.5. The average Bonchev–Trinajstić information content (AvgIpc) is 2.92. The van der Waals surface area contributed by atoms with Gasteiger partial charge in [0, 0.05) is 24.8 Å². The highest BCUT2D eigenvalue weighted by Gasteiger charge is 2.29. The summed E-state index contributed by atoms with van der Waals surface area (Å²) in [7, 11) is 1.82.